The van der Waals surface area contributed by atoms with Crippen molar-refractivity contribution in [3.8, 4) is 11.5 Å². The molecule has 4 rings (SSSR count). The summed E-state index contributed by atoms with van der Waals surface area (Å²) >= 11 is 6.46. The largest absolute Gasteiger partial charge is 0.420 e. The van der Waals surface area contributed by atoms with Gasteiger partial charge in [0.25, 0.3) is 0 Å². The number of nitrogens with one attached hydrogen (secondary N) is 1. The lowest BCUT2D eigenvalue weighted by Crippen LogP contribution is -2.18. The zero-order chi connectivity index (χ0) is 17.8. The molecule has 1 fully saturated rings. The van der Waals surface area contributed by atoms with E-state index in [-0.39, 0.29) is 6.10 Å². The highest BCUT2D eigenvalue weighted by atomic mass is 79.9. The normalized spacial score (nSPS) is 16.9. The van der Waals surface area contributed by atoms with Crippen LogP contribution in [0, 0.1) is 0 Å². The van der Waals surface area contributed by atoms with Gasteiger partial charge in [-0.05, 0) is 37.1 Å². The number of benzene rings is 1. The Morgan fingerprint density at radius 2 is 2.08 bits per heavy atom. The molecular formula is C16H16BrN5O2S2. The third kappa shape index (κ3) is 4.61. The fourth-order valence-corrected chi connectivity index (χ4v) is 4.35. The minimum atomic E-state index is 0.283. The third-order valence-corrected chi connectivity index (χ3v) is 6.32. The van der Waals surface area contributed by atoms with Gasteiger partial charge in [-0.2, -0.15) is 0 Å². The molecule has 10 heteroatoms. The second kappa shape index (κ2) is 8.47. The fraction of sp³-hybridized carbons (Fsp3) is 0.375. The van der Waals surface area contributed by atoms with E-state index in [9.17, 15) is 0 Å². The lowest BCUT2D eigenvalue weighted by Gasteiger charge is -2.08. The predicted molar refractivity (Wildman–Crippen MR) is 104 cm³/mol. The number of halogens is 1. The van der Waals surface area contributed by atoms with Crippen LogP contribution in [0.5, 0.6) is 0 Å². The average Bonchev–Trinajstić information content (AvgIpc) is 3.40. The first-order valence-electron chi connectivity index (χ1n) is 8.16. The van der Waals surface area contributed by atoms with Crippen molar-refractivity contribution < 1.29 is 9.15 Å². The van der Waals surface area contributed by atoms with E-state index in [1.807, 2.05) is 24.3 Å². The first-order valence-corrected chi connectivity index (χ1v) is 10.8. The molecule has 3 heterocycles. The number of ether oxygens (including phenoxy) is 1. The number of hydrogen-bond acceptors (Lipinski definition) is 9. The molecule has 26 heavy (non-hydrogen) atoms. The van der Waals surface area contributed by atoms with Crippen molar-refractivity contribution in [1.29, 1.82) is 0 Å². The van der Waals surface area contributed by atoms with Gasteiger partial charge in [-0.15, -0.1) is 20.4 Å². The van der Waals surface area contributed by atoms with Gasteiger partial charge in [-0.3, -0.25) is 0 Å². The molecule has 1 N–H and O–H groups in total. The van der Waals surface area contributed by atoms with Gasteiger partial charge in [0.1, 0.15) is 0 Å². The van der Waals surface area contributed by atoms with E-state index in [1.54, 1.807) is 0 Å². The van der Waals surface area contributed by atoms with Gasteiger partial charge in [0.05, 0.1) is 11.9 Å². The minimum absolute atomic E-state index is 0.283. The first kappa shape index (κ1) is 17.9. The molecule has 7 nitrogen and oxygen atoms in total. The topological polar surface area (TPSA) is 86.0 Å². The lowest BCUT2D eigenvalue weighted by atomic mass is 10.2. The summed E-state index contributed by atoms with van der Waals surface area (Å²) < 4.78 is 13.2. The Bertz CT molecular complexity index is 848. The second-order valence-corrected chi connectivity index (χ2v) is 8.80. The highest BCUT2D eigenvalue weighted by molar-refractivity contribution is 9.10. The van der Waals surface area contributed by atoms with E-state index < -0.39 is 0 Å². The van der Waals surface area contributed by atoms with Gasteiger partial charge in [0, 0.05) is 23.2 Å². The van der Waals surface area contributed by atoms with Gasteiger partial charge in [-0.1, -0.05) is 39.0 Å². The number of hydrogen-bond donors (Lipinski definition) is 1. The molecule has 136 valence electrons. The predicted octanol–water partition coefficient (Wildman–Crippen LogP) is 4.23. The summed E-state index contributed by atoms with van der Waals surface area (Å²) in [5.41, 5.74) is 0.897. The summed E-state index contributed by atoms with van der Waals surface area (Å²) in [5.74, 6) is 1.64. The van der Waals surface area contributed by atoms with Gasteiger partial charge in [0.15, 0.2) is 4.34 Å². The van der Waals surface area contributed by atoms with Crippen LogP contribution in [-0.2, 0) is 10.5 Å². The standard InChI is InChI=1S/C16H16BrN5O2S2/c17-11-5-3-10(4-6-11)14-20-19-13(24-14)9-25-16-22-21-15(26-16)18-8-12-2-1-7-23-12/h3-6,12H,1-2,7-9H2,(H,18,21). The molecule has 1 aliphatic rings. The van der Waals surface area contributed by atoms with Crippen LogP contribution >= 0.6 is 39.0 Å². The van der Waals surface area contributed by atoms with Crippen LogP contribution in [0.25, 0.3) is 11.5 Å². The maximum atomic E-state index is 5.72. The maximum Gasteiger partial charge on any atom is 0.247 e. The van der Waals surface area contributed by atoms with E-state index in [1.165, 1.54) is 23.1 Å². The van der Waals surface area contributed by atoms with Crippen molar-refractivity contribution in [2.45, 2.75) is 29.0 Å². The van der Waals surface area contributed by atoms with Crippen LogP contribution in [0.3, 0.4) is 0 Å². The molecule has 0 bridgehead atoms. The molecule has 0 radical (unpaired) electrons. The zero-order valence-corrected chi connectivity index (χ0v) is 16.9. The average molecular weight is 454 g/mol. The Morgan fingerprint density at radius 1 is 1.19 bits per heavy atom. The number of thioether (sulfide) groups is 1. The van der Waals surface area contributed by atoms with Crippen molar-refractivity contribution in [2.75, 3.05) is 18.5 Å². The Labute approximate surface area is 167 Å². The van der Waals surface area contributed by atoms with E-state index >= 15 is 0 Å². The molecule has 1 aliphatic heterocycles. The van der Waals surface area contributed by atoms with E-state index in [2.05, 4.69) is 41.6 Å². The molecular weight excluding hydrogens is 438 g/mol. The third-order valence-electron chi connectivity index (χ3n) is 3.79. The van der Waals surface area contributed by atoms with Gasteiger partial charge >= 0.3 is 0 Å². The molecule has 1 atom stereocenters. The summed E-state index contributed by atoms with van der Waals surface area (Å²) in [4.78, 5) is 0. The summed E-state index contributed by atoms with van der Waals surface area (Å²) in [5, 5.41) is 20.6. The molecule has 0 amide bonds. The lowest BCUT2D eigenvalue weighted by molar-refractivity contribution is 0.120. The van der Waals surface area contributed by atoms with Crippen LogP contribution in [0.4, 0.5) is 5.13 Å². The Kier molecular flexibility index (Phi) is 5.83. The Morgan fingerprint density at radius 3 is 2.88 bits per heavy atom. The summed E-state index contributed by atoms with van der Waals surface area (Å²) in [6.45, 7) is 1.63. The number of nitrogens with zero attached hydrogens (tertiary/aromatic N) is 4. The van der Waals surface area contributed by atoms with Crippen molar-refractivity contribution in [1.82, 2.24) is 20.4 Å². The Balaban J connectivity index is 1.29. The van der Waals surface area contributed by atoms with Crippen molar-refractivity contribution in [3.63, 3.8) is 0 Å². The molecule has 3 aromatic rings. The SMILES string of the molecule is Brc1ccc(-c2nnc(CSc3nnc(NCC4CCCO4)s3)o2)cc1. The summed E-state index contributed by atoms with van der Waals surface area (Å²) in [6, 6.07) is 7.76. The van der Waals surface area contributed by atoms with Crippen molar-refractivity contribution >= 4 is 44.2 Å². The number of anilines is 1. The van der Waals surface area contributed by atoms with Crippen LogP contribution in [0.2, 0.25) is 0 Å². The summed E-state index contributed by atoms with van der Waals surface area (Å²) in [6.07, 6.45) is 2.52. The van der Waals surface area contributed by atoms with Crippen LogP contribution in [0.1, 0.15) is 18.7 Å². The molecule has 2 aromatic heterocycles. The van der Waals surface area contributed by atoms with Crippen LogP contribution < -0.4 is 5.32 Å². The molecule has 0 aliphatic carbocycles. The van der Waals surface area contributed by atoms with Gasteiger partial charge < -0.3 is 14.5 Å². The fourth-order valence-electron chi connectivity index (χ4n) is 2.49. The second-order valence-electron chi connectivity index (χ2n) is 5.69. The minimum Gasteiger partial charge on any atom is -0.420 e. The van der Waals surface area contributed by atoms with Gasteiger partial charge in [-0.25, -0.2) is 0 Å². The van der Waals surface area contributed by atoms with E-state index in [0.29, 0.717) is 17.5 Å². The molecule has 1 aromatic carbocycles. The highest BCUT2D eigenvalue weighted by Crippen LogP contribution is 2.29. The van der Waals surface area contributed by atoms with Crippen LogP contribution in [-0.4, -0.2) is 39.7 Å². The van der Waals surface area contributed by atoms with E-state index in [4.69, 9.17) is 9.15 Å². The van der Waals surface area contributed by atoms with Crippen molar-refractivity contribution in [3.05, 3.63) is 34.6 Å². The zero-order valence-electron chi connectivity index (χ0n) is 13.7. The smallest absolute Gasteiger partial charge is 0.247 e. The number of rotatable bonds is 7. The van der Waals surface area contributed by atoms with Crippen LogP contribution in [0.15, 0.2) is 37.5 Å². The molecule has 1 saturated heterocycles. The van der Waals surface area contributed by atoms with Gasteiger partial charge in [0.2, 0.25) is 16.9 Å². The monoisotopic (exact) mass is 453 g/mol. The maximum absolute atomic E-state index is 5.72. The molecule has 1 unspecified atom stereocenters. The molecule has 0 saturated carbocycles. The summed E-state index contributed by atoms with van der Waals surface area (Å²) in [7, 11) is 0. The molecule has 0 spiro atoms. The highest BCUT2D eigenvalue weighted by Gasteiger charge is 2.16. The number of aromatic nitrogens is 4. The quantitative estimate of drug-likeness (QED) is 0.531. The first-order chi connectivity index (χ1) is 12.8. The van der Waals surface area contributed by atoms with Crippen molar-refractivity contribution in [2.24, 2.45) is 0 Å². The van der Waals surface area contributed by atoms with E-state index in [0.717, 1.165) is 45.5 Å². The Hall–Kier alpha value is -1.49.